The quantitative estimate of drug-likeness (QED) is 0.370. The van der Waals surface area contributed by atoms with Crippen LogP contribution in [0.15, 0.2) is 36.4 Å². The molecule has 3 rings (SSSR count). The highest BCUT2D eigenvalue weighted by Crippen LogP contribution is 2.54. The van der Waals surface area contributed by atoms with Crippen molar-refractivity contribution in [3.8, 4) is 11.5 Å². The lowest BCUT2D eigenvalue weighted by Gasteiger charge is -2.38. The molecule has 3 nitrogen and oxygen atoms in total. The Morgan fingerprint density at radius 3 is 1.36 bits per heavy atom. The summed E-state index contributed by atoms with van der Waals surface area (Å²) in [4.78, 5) is 0. The fourth-order valence-corrected chi connectivity index (χ4v) is 6.98. The number of fused-ring (bicyclic) bond motifs is 2. The molecule has 1 aliphatic heterocycles. The van der Waals surface area contributed by atoms with Crippen LogP contribution in [0.3, 0.4) is 0 Å². The molecule has 0 saturated carbocycles. The lowest BCUT2D eigenvalue weighted by Crippen LogP contribution is -2.28. The summed E-state index contributed by atoms with van der Waals surface area (Å²) in [5.41, 5.74) is 4.37. The second-order valence-corrected chi connectivity index (χ2v) is 15.7. The topological polar surface area (TPSA) is 27.7 Å². The Kier molecular flexibility index (Phi) is 7.70. The van der Waals surface area contributed by atoms with Crippen molar-refractivity contribution in [2.45, 2.75) is 112 Å². The predicted molar refractivity (Wildman–Crippen MR) is 150 cm³/mol. The third-order valence-electron chi connectivity index (χ3n) is 7.22. The first kappa shape index (κ1) is 28.9. The highest BCUT2D eigenvalue weighted by Gasteiger charge is 2.39. The van der Waals surface area contributed by atoms with Crippen LogP contribution >= 0.6 is 8.60 Å². The number of rotatable bonds is 5. The molecule has 0 aliphatic carbocycles. The van der Waals surface area contributed by atoms with Gasteiger partial charge in [-0.3, -0.25) is 0 Å². The summed E-state index contributed by atoms with van der Waals surface area (Å²) in [6.07, 6.45) is 2.07. The SMILES string of the molecule is CC(C)(C)CC(C)(C)c1ccc2c(c1)C(C)(C)c1cc(C(C)(C)CC(C)(C)C)ccc1OP(OF)O2. The van der Waals surface area contributed by atoms with Crippen molar-refractivity contribution in [1.82, 2.24) is 0 Å². The molecule has 0 radical (unpaired) electrons. The lowest BCUT2D eigenvalue weighted by molar-refractivity contribution is -0.0161. The van der Waals surface area contributed by atoms with Gasteiger partial charge >= 0.3 is 8.60 Å². The van der Waals surface area contributed by atoms with E-state index in [1.54, 1.807) is 0 Å². The van der Waals surface area contributed by atoms with Gasteiger partial charge in [0, 0.05) is 16.5 Å². The molecule has 1 aliphatic rings. The molecule has 1 heterocycles. The Morgan fingerprint density at radius 1 is 0.694 bits per heavy atom. The molecule has 0 unspecified atom stereocenters. The van der Waals surface area contributed by atoms with Crippen molar-refractivity contribution in [3.63, 3.8) is 0 Å². The Balaban J connectivity index is 2.20. The predicted octanol–water partition coefficient (Wildman–Crippen LogP) is 10.3. The molecule has 5 heteroatoms. The minimum absolute atomic E-state index is 0.0388. The Labute approximate surface area is 220 Å². The summed E-state index contributed by atoms with van der Waals surface area (Å²) in [6, 6.07) is 12.6. The van der Waals surface area contributed by atoms with Crippen molar-refractivity contribution in [3.05, 3.63) is 58.7 Å². The van der Waals surface area contributed by atoms with Crippen molar-refractivity contribution in [2.75, 3.05) is 0 Å². The third kappa shape index (κ3) is 6.43. The first-order valence-corrected chi connectivity index (χ1v) is 14.1. The van der Waals surface area contributed by atoms with Gasteiger partial charge in [0.1, 0.15) is 11.5 Å². The summed E-state index contributed by atoms with van der Waals surface area (Å²) in [7, 11) is -2.21. The van der Waals surface area contributed by atoms with E-state index in [1.165, 1.54) is 11.1 Å². The fraction of sp³-hybridized carbons (Fsp3) is 0.613. The van der Waals surface area contributed by atoms with Crippen molar-refractivity contribution < 1.29 is 18.3 Å². The van der Waals surface area contributed by atoms with Crippen molar-refractivity contribution in [1.29, 1.82) is 0 Å². The summed E-state index contributed by atoms with van der Waals surface area (Å²) in [5.74, 6) is 1.20. The van der Waals surface area contributed by atoms with E-state index in [0.29, 0.717) is 11.5 Å². The van der Waals surface area contributed by atoms with Gasteiger partial charge in [-0.05, 0) is 62.3 Å². The highest BCUT2D eigenvalue weighted by atomic mass is 31.2. The Hall–Kier alpha value is -1.64. The molecule has 0 N–H and O–H groups in total. The first-order chi connectivity index (χ1) is 16.2. The maximum absolute atomic E-state index is 13.6. The third-order valence-corrected chi connectivity index (χ3v) is 8.02. The summed E-state index contributed by atoms with van der Waals surface area (Å²) in [6.45, 7) is 27.2. The van der Waals surface area contributed by atoms with E-state index in [4.69, 9.17) is 9.05 Å². The molecule has 0 spiro atoms. The summed E-state index contributed by atoms with van der Waals surface area (Å²) in [5, 5.41) is 0. The number of hydrogen-bond acceptors (Lipinski definition) is 3. The van der Waals surface area contributed by atoms with E-state index < -0.39 is 14.0 Å². The Bertz CT molecular complexity index is 1010. The normalized spacial score (nSPS) is 16.8. The number of halogens is 1. The van der Waals surface area contributed by atoms with Gasteiger partial charge in [0.05, 0.1) is 0 Å². The van der Waals surface area contributed by atoms with Gasteiger partial charge < -0.3 is 9.05 Å². The molecule has 36 heavy (non-hydrogen) atoms. The highest BCUT2D eigenvalue weighted by molar-refractivity contribution is 7.42. The molecule has 0 bridgehead atoms. The van der Waals surface area contributed by atoms with Gasteiger partial charge in [0.25, 0.3) is 0 Å². The molecular weight excluding hydrogens is 470 g/mol. The van der Waals surface area contributed by atoms with E-state index in [0.717, 1.165) is 24.0 Å². The average molecular weight is 517 g/mol. The van der Waals surface area contributed by atoms with E-state index in [-0.39, 0.29) is 21.7 Å². The molecule has 0 amide bonds. The fourth-order valence-electron chi connectivity index (χ4n) is 6.25. The van der Waals surface area contributed by atoms with Crippen LogP contribution in [0.1, 0.15) is 118 Å². The second kappa shape index (κ2) is 9.59. The minimum atomic E-state index is -2.21. The molecule has 2 aromatic carbocycles. The summed E-state index contributed by atoms with van der Waals surface area (Å²) >= 11 is 0. The molecule has 200 valence electrons. The second-order valence-electron chi connectivity index (χ2n) is 14.8. The first-order valence-electron chi connectivity index (χ1n) is 13.0. The maximum atomic E-state index is 13.6. The standard InChI is InChI=1S/C31H46FO3P/c1-27(2,3)19-29(7,8)21-13-15-25-23(17-21)31(11,12)24-18-22(30(9,10)20-28(4,5)6)14-16-26(24)34-36(33-25)35-32/h13-18H,19-20H2,1-12H3. The van der Waals surface area contributed by atoms with Crippen LogP contribution in [-0.4, -0.2) is 0 Å². The average Bonchev–Trinajstić information content (AvgIpc) is 2.68. The van der Waals surface area contributed by atoms with Crippen LogP contribution in [0.5, 0.6) is 11.5 Å². The van der Waals surface area contributed by atoms with Gasteiger partial charge in [0.15, 0.2) is 0 Å². The van der Waals surface area contributed by atoms with E-state index in [2.05, 4.69) is 112 Å². The van der Waals surface area contributed by atoms with E-state index in [1.807, 2.05) is 12.1 Å². The van der Waals surface area contributed by atoms with Gasteiger partial charge in [-0.2, -0.15) is 0 Å². The summed E-state index contributed by atoms with van der Waals surface area (Å²) < 4.78 is 29.6. The van der Waals surface area contributed by atoms with E-state index >= 15 is 0 Å². The molecule has 0 aromatic heterocycles. The zero-order valence-corrected chi connectivity index (χ0v) is 25.3. The van der Waals surface area contributed by atoms with Crippen LogP contribution in [0.4, 0.5) is 4.53 Å². The van der Waals surface area contributed by atoms with E-state index in [9.17, 15) is 4.53 Å². The van der Waals surface area contributed by atoms with Crippen LogP contribution < -0.4 is 9.05 Å². The van der Waals surface area contributed by atoms with Gasteiger partial charge in [-0.1, -0.05) is 112 Å². The maximum Gasteiger partial charge on any atom is 0.497 e. The smallest absolute Gasteiger partial charge is 0.416 e. The number of hydrogen-bond donors (Lipinski definition) is 0. The van der Waals surface area contributed by atoms with Crippen LogP contribution in [-0.2, 0) is 21.0 Å². The zero-order chi connectivity index (χ0) is 27.3. The van der Waals surface area contributed by atoms with Crippen LogP contribution in [0.25, 0.3) is 0 Å². The number of benzene rings is 2. The largest absolute Gasteiger partial charge is 0.497 e. The van der Waals surface area contributed by atoms with Crippen molar-refractivity contribution in [2.24, 2.45) is 10.8 Å². The monoisotopic (exact) mass is 516 g/mol. The van der Waals surface area contributed by atoms with Crippen LogP contribution in [0.2, 0.25) is 0 Å². The molecule has 2 aromatic rings. The van der Waals surface area contributed by atoms with Gasteiger partial charge in [-0.15, -0.1) is 0 Å². The molecule has 0 fully saturated rings. The zero-order valence-electron chi connectivity index (χ0n) is 24.4. The Morgan fingerprint density at radius 2 is 1.06 bits per heavy atom. The van der Waals surface area contributed by atoms with Crippen molar-refractivity contribution >= 4 is 8.60 Å². The lowest BCUT2D eigenvalue weighted by atomic mass is 9.68. The van der Waals surface area contributed by atoms with Crippen LogP contribution in [0, 0.1) is 10.8 Å². The molecule has 0 saturated heterocycles. The molecular formula is C31H46FO3P. The van der Waals surface area contributed by atoms with Gasteiger partial charge in [0.2, 0.25) is 0 Å². The van der Waals surface area contributed by atoms with Gasteiger partial charge in [-0.25, -0.2) is 0 Å². The minimum Gasteiger partial charge on any atom is -0.416 e. The molecule has 0 atom stereocenters.